The zero-order valence-corrected chi connectivity index (χ0v) is 22.3. The molecular formula is C29H33N5O5. The number of rotatable bonds is 13. The van der Waals surface area contributed by atoms with Crippen molar-refractivity contribution < 1.29 is 24.1 Å². The molecule has 0 spiro atoms. The summed E-state index contributed by atoms with van der Waals surface area (Å²) in [4.78, 5) is 16.2. The van der Waals surface area contributed by atoms with Crippen molar-refractivity contribution in [2.45, 2.75) is 38.8 Å². The molecule has 0 saturated heterocycles. The van der Waals surface area contributed by atoms with Gasteiger partial charge in [0.25, 0.3) is 0 Å². The van der Waals surface area contributed by atoms with E-state index < -0.39 is 12.1 Å². The van der Waals surface area contributed by atoms with Crippen LogP contribution in [-0.4, -0.2) is 63.0 Å². The molecule has 1 aromatic carbocycles. The number of benzene rings is 1. The molecule has 0 bridgehead atoms. The molecule has 0 amide bonds. The van der Waals surface area contributed by atoms with Crippen molar-refractivity contribution >= 4 is 11.5 Å². The second kappa shape index (κ2) is 12.5. The Morgan fingerprint density at radius 1 is 1.15 bits per heavy atom. The summed E-state index contributed by atoms with van der Waals surface area (Å²) in [5, 5.41) is 23.2. The van der Waals surface area contributed by atoms with Crippen molar-refractivity contribution in [2.24, 2.45) is 0 Å². The maximum Gasteiger partial charge on any atom is 0.344 e. The van der Waals surface area contributed by atoms with Gasteiger partial charge in [-0.25, -0.2) is 9.78 Å². The van der Waals surface area contributed by atoms with Gasteiger partial charge in [0, 0.05) is 37.1 Å². The van der Waals surface area contributed by atoms with Gasteiger partial charge in [0.1, 0.15) is 41.6 Å². The lowest BCUT2D eigenvalue weighted by atomic mass is 10.00. The maximum absolute atomic E-state index is 11.7. The van der Waals surface area contributed by atoms with Gasteiger partial charge < -0.3 is 33.6 Å². The number of imidazole rings is 1. The minimum Gasteiger partial charge on any atom is -0.489 e. The van der Waals surface area contributed by atoms with Gasteiger partial charge in [0.05, 0.1) is 24.1 Å². The molecule has 1 atom stereocenters. The molecule has 0 aliphatic rings. The number of carbonyl (C=O) groups is 1. The predicted octanol–water partition coefficient (Wildman–Crippen LogP) is 3.29. The second-order valence-corrected chi connectivity index (χ2v) is 9.69. The monoisotopic (exact) mass is 531 g/mol. The Bertz CT molecular complexity index is 1450. The maximum atomic E-state index is 11.7. The van der Waals surface area contributed by atoms with Crippen LogP contribution >= 0.6 is 0 Å². The number of nitrogens with zero attached hydrogens (tertiary/aromatic N) is 4. The summed E-state index contributed by atoms with van der Waals surface area (Å²) >= 11 is 0. The smallest absolute Gasteiger partial charge is 0.344 e. The van der Waals surface area contributed by atoms with E-state index in [4.69, 9.17) is 19.5 Å². The van der Waals surface area contributed by atoms with Gasteiger partial charge in [0.2, 0.25) is 0 Å². The summed E-state index contributed by atoms with van der Waals surface area (Å²) in [5.41, 5.74) is 1.71. The van der Waals surface area contributed by atoms with Crippen molar-refractivity contribution in [1.82, 2.24) is 19.3 Å². The fourth-order valence-corrected chi connectivity index (χ4v) is 4.14. The fourth-order valence-electron chi connectivity index (χ4n) is 4.14. The number of pyridine rings is 1. The first-order valence-electron chi connectivity index (χ1n) is 12.8. The van der Waals surface area contributed by atoms with Crippen LogP contribution in [0, 0.1) is 11.3 Å². The number of esters is 1. The zero-order valence-electron chi connectivity index (χ0n) is 22.3. The zero-order chi connectivity index (χ0) is 27.8. The number of β-amino-alcohol motifs (C(OH)–C–C–N with tert-alkyl or cyclic N) is 1. The molecule has 0 radical (unpaired) electrons. The third kappa shape index (κ3) is 7.16. The first kappa shape index (κ1) is 27.7. The van der Waals surface area contributed by atoms with E-state index in [2.05, 4.69) is 16.4 Å². The van der Waals surface area contributed by atoms with Gasteiger partial charge in [-0.15, -0.1) is 0 Å². The number of carbonyl (C=O) groups excluding carboxylic acids is 1. The van der Waals surface area contributed by atoms with E-state index >= 15 is 0 Å². The first-order chi connectivity index (χ1) is 18.8. The predicted molar refractivity (Wildman–Crippen MR) is 145 cm³/mol. The molecule has 4 aromatic rings. The Morgan fingerprint density at radius 2 is 1.95 bits per heavy atom. The molecule has 2 N–H and O–H groups in total. The van der Waals surface area contributed by atoms with E-state index in [-0.39, 0.29) is 18.8 Å². The Hall–Kier alpha value is -4.33. The van der Waals surface area contributed by atoms with Crippen molar-refractivity contribution in [1.29, 1.82) is 5.26 Å². The third-order valence-corrected chi connectivity index (χ3v) is 6.07. The highest BCUT2D eigenvalue weighted by Crippen LogP contribution is 2.24. The number of aliphatic hydroxyl groups excluding tert-OH is 1. The van der Waals surface area contributed by atoms with Crippen LogP contribution in [0.1, 0.15) is 32.2 Å². The number of hydrogen-bond acceptors (Lipinski definition) is 8. The Balaban J connectivity index is 1.33. The number of aromatic nitrogens is 3. The number of ether oxygens (including phenoxy) is 3. The van der Waals surface area contributed by atoms with Gasteiger partial charge >= 0.3 is 5.97 Å². The van der Waals surface area contributed by atoms with Gasteiger partial charge in [0.15, 0.2) is 6.61 Å². The Morgan fingerprint density at radius 3 is 2.72 bits per heavy atom. The molecule has 10 heteroatoms. The number of nitriles is 1. The van der Waals surface area contributed by atoms with Gasteiger partial charge in [-0.2, -0.15) is 5.26 Å². The van der Waals surface area contributed by atoms with Gasteiger partial charge in [-0.3, -0.25) is 0 Å². The van der Waals surface area contributed by atoms with Crippen LogP contribution in [0.25, 0.3) is 11.2 Å². The lowest BCUT2D eigenvalue weighted by molar-refractivity contribution is -0.145. The quantitative estimate of drug-likeness (QED) is 0.252. The molecule has 3 aromatic heterocycles. The molecule has 10 nitrogen and oxygen atoms in total. The SMILES string of the molecule is CCOC(=O)COc1cccn2c(CC(C)(C)NC[C@H](O)COc3ccccc3-n3ccc(C#N)c3)ncc12. The average molecular weight is 532 g/mol. The van der Waals surface area contributed by atoms with Crippen LogP contribution < -0.4 is 14.8 Å². The van der Waals surface area contributed by atoms with Crippen molar-refractivity contribution in [3.05, 3.63) is 78.6 Å². The molecule has 0 aliphatic carbocycles. The summed E-state index contributed by atoms with van der Waals surface area (Å²) in [6.07, 6.45) is 6.98. The molecule has 3 heterocycles. The third-order valence-electron chi connectivity index (χ3n) is 6.07. The summed E-state index contributed by atoms with van der Waals surface area (Å²) < 4.78 is 20.3. The highest BCUT2D eigenvalue weighted by atomic mass is 16.6. The molecule has 204 valence electrons. The fraction of sp³-hybridized carbons (Fsp3) is 0.345. The number of nitrogens with one attached hydrogen (secondary N) is 1. The van der Waals surface area contributed by atoms with Crippen LogP contribution in [-0.2, 0) is 16.0 Å². The van der Waals surface area contributed by atoms with Gasteiger partial charge in [-0.05, 0) is 51.1 Å². The molecule has 0 unspecified atom stereocenters. The standard InChI is InChI=1S/C29H33N5O5/c1-4-37-28(36)20-39-26-10-7-12-34-24(26)17-31-27(34)14-29(2,3)32-16-22(35)19-38-25-9-6-5-8-23(25)33-13-11-21(15-30)18-33/h5-13,17-18,22,32,35H,4,14,16,19-20H2,1-3H3/t22-/m0/s1. The van der Waals surface area contributed by atoms with E-state index in [9.17, 15) is 9.90 Å². The molecular weight excluding hydrogens is 498 g/mol. The molecule has 4 rings (SSSR count). The van der Waals surface area contributed by atoms with E-state index in [0.29, 0.717) is 36.6 Å². The summed E-state index contributed by atoms with van der Waals surface area (Å²) in [6.45, 7) is 6.37. The lowest BCUT2D eigenvalue weighted by Gasteiger charge is -2.27. The highest BCUT2D eigenvalue weighted by Gasteiger charge is 2.23. The summed E-state index contributed by atoms with van der Waals surface area (Å²) in [5.74, 6) is 1.55. The van der Waals surface area contributed by atoms with Crippen molar-refractivity contribution in [3.8, 4) is 23.3 Å². The normalized spacial score (nSPS) is 12.2. The second-order valence-electron chi connectivity index (χ2n) is 9.69. The topological polar surface area (TPSA) is 123 Å². The van der Waals surface area contributed by atoms with E-state index in [1.807, 2.05) is 59.3 Å². The Kier molecular flexibility index (Phi) is 8.86. The highest BCUT2D eigenvalue weighted by molar-refractivity contribution is 5.71. The van der Waals surface area contributed by atoms with E-state index in [1.54, 1.807) is 37.6 Å². The molecule has 0 saturated carbocycles. The van der Waals surface area contributed by atoms with Crippen LogP contribution in [0.15, 0.2) is 67.3 Å². The molecule has 0 fully saturated rings. The van der Waals surface area contributed by atoms with Crippen LogP contribution in [0.4, 0.5) is 0 Å². The van der Waals surface area contributed by atoms with Crippen LogP contribution in [0.2, 0.25) is 0 Å². The number of para-hydroxylation sites is 2. The van der Waals surface area contributed by atoms with E-state index in [1.165, 1.54) is 0 Å². The van der Waals surface area contributed by atoms with E-state index in [0.717, 1.165) is 17.0 Å². The number of hydrogen-bond donors (Lipinski definition) is 2. The number of fused-ring (bicyclic) bond motifs is 1. The minimum atomic E-state index is -0.753. The first-order valence-corrected chi connectivity index (χ1v) is 12.8. The molecule has 0 aliphatic heterocycles. The number of aliphatic hydroxyl groups is 1. The van der Waals surface area contributed by atoms with Gasteiger partial charge in [-0.1, -0.05) is 12.1 Å². The lowest BCUT2D eigenvalue weighted by Crippen LogP contribution is -2.46. The van der Waals surface area contributed by atoms with Crippen molar-refractivity contribution in [2.75, 3.05) is 26.4 Å². The van der Waals surface area contributed by atoms with Crippen LogP contribution in [0.3, 0.4) is 0 Å². The van der Waals surface area contributed by atoms with Crippen molar-refractivity contribution in [3.63, 3.8) is 0 Å². The minimum absolute atomic E-state index is 0.0972. The summed E-state index contributed by atoms with van der Waals surface area (Å²) in [6, 6.07) is 15.0. The average Bonchev–Trinajstić information content (AvgIpc) is 3.57. The molecule has 39 heavy (non-hydrogen) atoms. The summed E-state index contributed by atoms with van der Waals surface area (Å²) in [7, 11) is 0. The van der Waals surface area contributed by atoms with Crippen LogP contribution in [0.5, 0.6) is 11.5 Å². The Labute approximate surface area is 227 Å². The largest absolute Gasteiger partial charge is 0.489 e.